The molecule has 0 fully saturated rings. The molecule has 7 heteroatoms. The number of nitrogens with zero attached hydrogens (tertiary/aromatic N) is 2. The van der Waals surface area contributed by atoms with Gasteiger partial charge in [0.15, 0.2) is 0 Å². The zero-order chi connectivity index (χ0) is 20.5. The summed E-state index contributed by atoms with van der Waals surface area (Å²) in [6.07, 6.45) is 5.42. The maximum absolute atomic E-state index is 12.4. The SMILES string of the molecule is COc1ccccc1CCNC(=O)c1cc(C(=O)NCc2ccncc2)ccn1. The fourth-order valence-corrected chi connectivity index (χ4v) is 2.79. The second kappa shape index (κ2) is 9.98. The summed E-state index contributed by atoms with van der Waals surface area (Å²) in [7, 11) is 1.62. The highest BCUT2D eigenvalue weighted by molar-refractivity contribution is 5.98. The van der Waals surface area contributed by atoms with Crippen LogP contribution in [0.1, 0.15) is 32.0 Å². The van der Waals surface area contributed by atoms with Crippen LogP contribution in [0.5, 0.6) is 5.75 Å². The Morgan fingerprint density at radius 2 is 1.76 bits per heavy atom. The Hall–Kier alpha value is -3.74. The topological polar surface area (TPSA) is 93.2 Å². The monoisotopic (exact) mass is 390 g/mol. The van der Waals surface area contributed by atoms with Crippen molar-refractivity contribution < 1.29 is 14.3 Å². The molecule has 2 heterocycles. The van der Waals surface area contributed by atoms with E-state index < -0.39 is 0 Å². The lowest BCUT2D eigenvalue weighted by molar-refractivity contribution is 0.0949. The summed E-state index contributed by atoms with van der Waals surface area (Å²) in [5, 5.41) is 5.65. The van der Waals surface area contributed by atoms with Crippen molar-refractivity contribution in [2.75, 3.05) is 13.7 Å². The van der Waals surface area contributed by atoms with Gasteiger partial charge in [0.2, 0.25) is 0 Å². The van der Waals surface area contributed by atoms with Crippen molar-refractivity contribution in [3.05, 3.63) is 89.5 Å². The van der Waals surface area contributed by atoms with E-state index in [-0.39, 0.29) is 17.5 Å². The molecule has 29 heavy (non-hydrogen) atoms. The van der Waals surface area contributed by atoms with Crippen LogP contribution in [0.3, 0.4) is 0 Å². The molecule has 2 aromatic heterocycles. The van der Waals surface area contributed by atoms with Crippen LogP contribution >= 0.6 is 0 Å². The van der Waals surface area contributed by atoms with Crippen LogP contribution in [0.15, 0.2) is 67.1 Å². The first-order chi connectivity index (χ1) is 14.2. The zero-order valence-corrected chi connectivity index (χ0v) is 16.1. The maximum atomic E-state index is 12.4. The van der Waals surface area contributed by atoms with Crippen molar-refractivity contribution in [1.29, 1.82) is 0 Å². The molecule has 0 atom stereocenters. The number of benzene rings is 1. The molecule has 0 spiro atoms. The van der Waals surface area contributed by atoms with Crippen LogP contribution < -0.4 is 15.4 Å². The molecule has 0 aliphatic rings. The number of ether oxygens (including phenoxy) is 1. The highest BCUT2D eigenvalue weighted by Crippen LogP contribution is 2.17. The summed E-state index contributed by atoms with van der Waals surface area (Å²) in [5.41, 5.74) is 2.52. The lowest BCUT2D eigenvalue weighted by Crippen LogP contribution is -2.28. The predicted molar refractivity (Wildman–Crippen MR) is 109 cm³/mol. The second-order valence-electron chi connectivity index (χ2n) is 6.29. The Labute approximate surface area is 169 Å². The number of para-hydroxylation sites is 1. The van der Waals surface area contributed by atoms with E-state index in [9.17, 15) is 9.59 Å². The van der Waals surface area contributed by atoms with Gasteiger partial charge < -0.3 is 15.4 Å². The summed E-state index contributed by atoms with van der Waals surface area (Å²) in [6.45, 7) is 0.809. The first-order valence-electron chi connectivity index (χ1n) is 9.20. The van der Waals surface area contributed by atoms with E-state index in [4.69, 9.17) is 4.74 Å². The average Bonchev–Trinajstić information content (AvgIpc) is 2.78. The van der Waals surface area contributed by atoms with Crippen LogP contribution in [-0.4, -0.2) is 35.4 Å². The maximum Gasteiger partial charge on any atom is 0.269 e. The third kappa shape index (κ3) is 5.62. The molecule has 0 bridgehead atoms. The van der Waals surface area contributed by atoms with Crippen molar-refractivity contribution in [2.45, 2.75) is 13.0 Å². The summed E-state index contributed by atoms with van der Waals surface area (Å²) >= 11 is 0. The number of carbonyl (C=O) groups excluding carboxylic acids is 2. The standard InChI is InChI=1S/C22H22N4O3/c1-29-20-5-3-2-4-17(20)8-13-25-22(28)19-14-18(9-12-24-19)21(27)26-15-16-6-10-23-11-7-16/h2-7,9-12,14H,8,13,15H2,1H3,(H,25,28)(H,26,27). The van der Waals surface area contributed by atoms with Crippen LogP contribution in [0, 0.1) is 0 Å². The molecule has 2 amide bonds. The van der Waals surface area contributed by atoms with E-state index in [2.05, 4.69) is 20.6 Å². The van der Waals surface area contributed by atoms with E-state index >= 15 is 0 Å². The van der Waals surface area contributed by atoms with Gasteiger partial charge in [0, 0.05) is 37.2 Å². The molecule has 148 valence electrons. The first kappa shape index (κ1) is 20.0. The number of methoxy groups -OCH3 is 1. The summed E-state index contributed by atoms with van der Waals surface area (Å²) in [4.78, 5) is 32.8. The number of pyridine rings is 2. The van der Waals surface area contributed by atoms with Gasteiger partial charge in [0.1, 0.15) is 11.4 Å². The predicted octanol–water partition coefficient (Wildman–Crippen LogP) is 2.39. The molecule has 0 aliphatic heterocycles. The van der Waals surface area contributed by atoms with Crippen molar-refractivity contribution in [2.24, 2.45) is 0 Å². The van der Waals surface area contributed by atoms with Gasteiger partial charge in [-0.1, -0.05) is 18.2 Å². The highest BCUT2D eigenvalue weighted by atomic mass is 16.5. The van der Waals surface area contributed by atoms with Crippen molar-refractivity contribution >= 4 is 11.8 Å². The Balaban J connectivity index is 1.55. The van der Waals surface area contributed by atoms with E-state index in [1.165, 1.54) is 12.3 Å². The number of nitrogens with one attached hydrogen (secondary N) is 2. The van der Waals surface area contributed by atoms with E-state index in [1.807, 2.05) is 36.4 Å². The fraction of sp³-hybridized carbons (Fsp3) is 0.182. The Morgan fingerprint density at radius 3 is 2.55 bits per heavy atom. The van der Waals surface area contributed by atoms with Gasteiger partial charge in [0.05, 0.1) is 7.11 Å². The van der Waals surface area contributed by atoms with E-state index in [0.717, 1.165) is 16.9 Å². The third-order valence-corrected chi connectivity index (χ3v) is 4.33. The minimum absolute atomic E-state index is 0.196. The van der Waals surface area contributed by atoms with Crippen molar-refractivity contribution in [1.82, 2.24) is 20.6 Å². The minimum Gasteiger partial charge on any atom is -0.496 e. The quantitative estimate of drug-likeness (QED) is 0.616. The van der Waals surface area contributed by atoms with Gasteiger partial charge >= 0.3 is 0 Å². The van der Waals surface area contributed by atoms with Gasteiger partial charge in [0.25, 0.3) is 11.8 Å². The number of amides is 2. The van der Waals surface area contributed by atoms with Crippen molar-refractivity contribution in [3.8, 4) is 5.75 Å². The summed E-state index contributed by atoms with van der Waals surface area (Å²) in [5.74, 6) is 0.184. The number of carbonyl (C=O) groups is 2. The van der Waals surface area contributed by atoms with E-state index in [0.29, 0.717) is 25.1 Å². The minimum atomic E-state index is -0.330. The average molecular weight is 390 g/mol. The van der Waals surface area contributed by atoms with E-state index in [1.54, 1.807) is 25.6 Å². The Morgan fingerprint density at radius 1 is 0.966 bits per heavy atom. The molecule has 3 aromatic rings. The lowest BCUT2D eigenvalue weighted by atomic mass is 10.1. The smallest absolute Gasteiger partial charge is 0.269 e. The van der Waals surface area contributed by atoms with Crippen LogP contribution in [0.2, 0.25) is 0 Å². The first-order valence-corrected chi connectivity index (χ1v) is 9.20. The molecule has 0 saturated heterocycles. The zero-order valence-electron chi connectivity index (χ0n) is 16.1. The fourth-order valence-electron chi connectivity index (χ4n) is 2.79. The van der Waals surface area contributed by atoms with Gasteiger partial charge in [-0.05, 0) is 47.9 Å². The Kier molecular flexibility index (Phi) is 6.89. The normalized spacial score (nSPS) is 10.2. The third-order valence-electron chi connectivity index (χ3n) is 4.33. The van der Waals surface area contributed by atoms with Gasteiger partial charge in [-0.3, -0.25) is 19.6 Å². The molecule has 7 nitrogen and oxygen atoms in total. The highest BCUT2D eigenvalue weighted by Gasteiger charge is 2.12. The number of hydrogen-bond acceptors (Lipinski definition) is 5. The van der Waals surface area contributed by atoms with Gasteiger partial charge in [-0.15, -0.1) is 0 Å². The Bertz CT molecular complexity index is 977. The number of aromatic nitrogens is 2. The molecule has 0 radical (unpaired) electrons. The number of rotatable bonds is 8. The van der Waals surface area contributed by atoms with Gasteiger partial charge in [-0.2, -0.15) is 0 Å². The lowest BCUT2D eigenvalue weighted by Gasteiger charge is -2.09. The van der Waals surface area contributed by atoms with Crippen LogP contribution in [-0.2, 0) is 13.0 Å². The second-order valence-corrected chi connectivity index (χ2v) is 6.29. The van der Waals surface area contributed by atoms with Crippen LogP contribution in [0.25, 0.3) is 0 Å². The molecule has 0 unspecified atom stereocenters. The molecule has 2 N–H and O–H groups in total. The van der Waals surface area contributed by atoms with Gasteiger partial charge in [-0.25, -0.2) is 0 Å². The molecule has 0 aliphatic carbocycles. The molecule has 0 saturated carbocycles. The molecule has 3 rings (SSSR count). The summed E-state index contributed by atoms with van der Waals surface area (Å²) in [6, 6.07) is 14.4. The molecule has 1 aromatic carbocycles. The summed E-state index contributed by atoms with van der Waals surface area (Å²) < 4.78 is 5.31. The van der Waals surface area contributed by atoms with Crippen molar-refractivity contribution in [3.63, 3.8) is 0 Å². The molecular formula is C22H22N4O3. The number of hydrogen-bond donors (Lipinski definition) is 2. The molecular weight excluding hydrogens is 368 g/mol. The van der Waals surface area contributed by atoms with Crippen LogP contribution in [0.4, 0.5) is 0 Å². The largest absolute Gasteiger partial charge is 0.496 e.